The fourth-order valence-electron chi connectivity index (χ4n) is 2.76. The van der Waals surface area contributed by atoms with Crippen LogP contribution in [0.25, 0.3) is 0 Å². The van der Waals surface area contributed by atoms with E-state index in [1.54, 1.807) is 36.4 Å². The number of esters is 1. The fourth-order valence-corrected chi connectivity index (χ4v) is 4.48. The highest BCUT2D eigenvalue weighted by molar-refractivity contribution is 7.89. The first-order valence-corrected chi connectivity index (χ1v) is 11.0. The van der Waals surface area contributed by atoms with Crippen LogP contribution in [0.1, 0.15) is 27.0 Å². The number of sulfone groups is 1. The summed E-state index contributed by atoms with van der Waals surface area (Å²) in [7, 11) is -3.35. The Bertz CT molecular complexity index is 1080. The second kappa shape index (κ2) is 9.20. The molecule has 0 saturated heterocycles. The molecule has 3 aromatic rings. The molecular weight excluding hydrogens is 415 g/mol. The monoisotopic (exact) mass is 432 g/mol. The van der Waals surface area contributed by atoms with E-state index in [9.17, 15) is 17.6 Å². The first-order chi connectivity index (χ1) is 13.8. The smallest absolute Gasteiger partial charge is 0.338 e. The van der Waals surface area contributed by atoms with Crippen molar-refractivity contribution in [1.29, 1.82) is 0 Å². The number of hydrogen-bond donors (Lipinski definition) is 0. The van der Waals surface area contributed by atoms with Gasteiger partial charge in [-0.3, -0.25) is 0 Å². The van der Waals surface area contributed by atoms with Crippen molar-refractivity contribution < 1.29 is 22.3 Å². The first kappa shape index (κ1) is 21.0. The molecule has 150 valence electrons. The predicted molar refractivity (Wildman–Crippen MR) is 110 cm³/mol. The van der Waals surface area contributed by atoms with E-state index in [1.165, 1.54) is 30.3 Å². The largest absolute Gasteiger partial charge is 0.457 e. The second-order valence-electron chi connectivity index (χ2n) is 6.49. The second-order valence-corrected chi connectivity index (χ2v) is 8.96. The van der Waals surface area contributed by atoms with Crippen LogP contribution >= 0.6 is 11.6 Å². The number of rotatable bonds is 7. The molecule has 0 N–H and O–H groups in total. The molecule has 29 heavy (non-hydrogen) atoms. The Balaban J connectivity index is 1.61. The van der Waals surface area contributed by atoms with Crippen molar-refractivity contribution in [3.8, 4) is 0 Å². The zero-order valence-electron chi connectivity index (χ0n) is 15.3. The van der Waals surface area contributed by atoms with Gasteiger partial charge in [0.15, 0.2) is 9.84 Å². The van der Waals surface area contributed by atoms with Gasteiger partial charge in [-0.2, -0.15) is 0 Å². The van der Waals surface area contributed by atoms with Crippen LogP contribution in [0.2, 0.25) is 5.02 Å². The van der Waals surface area contributed by atoms with Gasteiger partial charge >= 0.3 is 5.97 Å². The van der Waals surface area contributed by atoms with Crippen molar-refractivity contribution in [3.63, 3.8) is 0 Å². The van der Waals surface area contributed by atoms with Gasteiger partial charge in [-0.25, -0.2) is 17.6 Å². The lowest BCUT2D eigenvalue weighted by atomic mass is 10.1. The van der Waals surface area contributed by atoms with Crippen LogP contribution in [0.15, 0.2) is 72.8 Å². The van der Waals surface area contributed by atoms with Crippen molar-refractivity contribution in [2.45, 2.75) is 18.1 Å². The molecule has 0 heterocycles. The molecule has 0 spiro atoms. The Morgan fingerprint density at radius 2 is 1.48 bits per heavy atom. The van der Waals surface area contributed by atoms with Gasteiger partial charge in [-0.1, -0.05) is 60.1 Å². The third kappa shape index (κ3) is 5.89. The van der Waals surface area contributed by atoms with Crippen LogP contribution in [-0.2, 0) is 32.7 Å². The van der Waals surface area contributed by atoms with E-state index in [1.807, 2.05) is 6.07 Å². The quantitative estimate of drug-likeness (QED) is 0.495. The SMILES string of the molecule is O=C(OCc1c(F)cccc1Cl)c1ccc(CS(=O)(=O)Cc2ccccc2)cc1. The topological polar surface area (TPSA) is 60.4 Å². The summed E-state index contributed by atoms with van der Waals surface area (Å²) >= 11 is 5.91. The van der Waals surface area contributed by atoms with Crippen LogP contribution < -0.4 is 0 Å². The van der Waals surface area contributed by atoms with Gasteiger partial charge in [0.1, 0.15) is 12.4 Å². The van der Waals surface area contributed by atoms with E-state index in [4.69, 9.17) is 16.3 Å². The van der Waals surface area contributed by atoms with Crippen LogP contribution in [0.4, 0.5) is 4.39 Å². The zero-order chi connectivity index (χ0) is 20.9. The Hall–Kier alpha value is -2.70. The molecule has 4 nitrogen and oxygen atoms in total. The molecule has 0 aromatic heterocycles. The van der Waals surface area contributed by atoms with Gasteiger partial charge < -0.3 is 4.74 Å². The molecule has 0 radical (unpaired) electrons. The molecule has 3 aromatic carbocycles. The van der Waals surface area contributed by atoms with Crippen molar-refractivity contribution in [3.05, 3.63) is 106 Å². The zero-order valence-corrected chi connectivity index (χ0v) is 16.9. The Labute approximate surface area is 173 Å². The van der Waals surface area contributed by atoms with Crippen LogP contribution in [-0.4, -0.2) is 14.4 Å². The normalized spacial score (nSPS) is 11.2. The minimum absolute atomic E-state index is 0.0545. The van der Waals surface area contributed by atoms with Crippen molar-refractivity contribution in [2.75, 3.05) is 0 Å². The third-order valence-electron chi connectivity index (χ3n) is 4.21. The molecule has 3 rings (SSSR count). The highest BCUT2D eigenvalue weighted by Gasteiger charge is 2.15. The molecule has 0 aliphatic heterocycles. The maximum Gasteiger partial charge on any atom is 0.338 e. The number of ether oxygens (including phenoxy) is 1. The molecule has 7 heteroatoms. The lowest BCUT2D eigenvalue weighted by molar-refractivity contribution is 0.0469. The van der Waals surface area contributed by atoms with E-state index in [2.05, 4.69) is 0 Å². The summed E-state index contributed by atoms with van der Waals surface area (Å²) in [5.74, 6) is -1.39. The van der Waals surface area contributed by atoms with Gasteiger partial charge in [0, 0.05) is 5.56 Å². The molecule has 0 bridgehead atoms. The van der Waals surface area contributed by atoms with Crippen LogP contribution in [0, 0.1) is 5.82 Å². The maximum absolute atomic E-state index is 13.7. The highest BCUT2D eigenvalue weighted by Crippen LogP contribution is 2.20. The van der Waals surface area contributed by atoms with E-state index in [0.29, 0.717) is 5.56 Å². The first-order valence-electron chi connectivity index (χ1n) is 8.77. The Morgan fingerprint density at radius 1 is 0.862 bits per heavy atom. The van der Waals surface area contributed by atoms with Gasteiger partial charge in [-0.15, -0.1) is 0 Å². The molecule has 0 saturated carbocycles. The summed E-state index contributed by atoms with van der Waals surface area (Å²) < 4.78 is 43.6. The summed E-state index contributed by atoms with van der Waals surface area (Å²) in [6.45, 7) is -0.294. The summed E-state index contributed by atoms with van der Waals surface area (Å²) in [5, 5.41) is 0.178. The number of carbonyl (C=O) groups is 1. The van der Waals surface area contributed by atoms with Gasteiger partial charge in [0.05, 0.1) is 22.1 Å². The maximum atomic E-state index is 13.7. The lowest BCUT2D eigenvalue weighted by Gasteiger charge is -2.09. The number of benzene rings is 3. The Morgan fingerprint density at radius 3 is 2.10 bits per heavy atom. The molecular formula is C22H18ClFO4S. The Kier molecular flexibility index (Phi) is 6.67. The van der Waals surface area contributed by atoms with Crippen molar-refractivity contribution in [2.24, 2.45) is 0 Å². The molecule has 0 aliphatic rings. The lowest BCUT2D eigenvalue weighted by Crippen LogP contribution is -2.09. The van der Waals surface area contributed by atoms with Gasteiger partial charge in [0.25, 0.3) is 0 Å². The molecule has 0 unspecified atom stereocenters. The molecule has 0 atom stereocenters. The predicted octanol–water partition coefficient (Wildman–Crippen LogP) is 4.95. The van der Waals surface area contributed by atoms with Gasteiger partial charge in [-0.05, 0) is 35.4 Å². The fraction of sp³-hybridized carbons (Fsp3) is 0.136. The summed E-state index contributed by atoms with van der Waals surface area (Å²) in [6.07, 6.45) is 0. The minimum atomic E-state index is -3.35. The van der Waals surface area contributed by atoms with Crippen LogP contribution in [0.5, 0.6) is 0 Å². The summed E-state index contributed by atoms with van der Waals surface area (Å²) in [4.78, 5) is 12.2. The van der Waals surface area contributed by atoms with E-state index in [0.717, 1.165) is 5.56 Å². The standard InChI is InChI=1S/C22H18ClFO4S/c23-20-7-4-8-21(24)19(20)13-28-22(25)18-11-9-17(10-12-18)15-29(26,27)14-16-5-2-1-3-6-16/h1-12H,13-15H2. The minimum Gasteiger partial charge on any atom is -0.457 e. The molecule has 0 fully saturated rings. The van der Waals surface area contributed by atoms with Gasteiger partial charge in [0.2, 0.25) is 0 Å². The number of halogens is 2. The van der Waals surface area contributed by atoms with Crippen molar-refractivity contribution >= 4 is 27.4 Å². The average Bonchev–Trinajstić information content (AvgIpc) is 2.68. The average molecular weight is 433 g/mol. The highest BCUT2D eigenvalue weighted by atomic mass is 35.5. The summed E-state index contributed by atoms with van der Waals surface area (Å²) in [5.41, 5.74) is 1.63. The van der Waals surface area contributed by atoms with Crippen molar-refractivity contribution in [1.82, 2.24) is 0 Å². The number of carbonyl (C=O) groups excluding carboxylic acids is 1. The molecule has 0 aliphatic carbocycles. The van der Waals surface area contributed by atoms with E-state index >= 15 is 0 Å². The van der Waals surface area contributed by atoms with E-state index in [-0.39, 0.29) is 34.3 Å². The summed E-state index contributed by atoms with van der Waals surface area (Å²) in [6, 6.07) is 19.2. The van der Waals surface area contributed by atoms with Crippen LogP contribution in [0.3, 0.4) is 0 Å². The number of hydrogen-bond acceptors (Lipinski definition) is 4. The third-order valence-corrected chi connectivity index (χ3v) is 6.12. The van der Waals surface area contributed by atoms with E-state index < -0.39 is 21.6 Å². The molecule has 0 amide bonds.